The summed E-state index contributed by atoms with van der Waals surface area (Å²) in [4.78, 5) is 20.3. The molecule has 0 fully saturated rings. The third-order valence-corrected chi connectivity index (χ3v) is 3.95. The van der Waals surface area contributed by atoms with E-state index in [1.807, 2.05) is 24.3 Å². The topological polar surface area (TPSA) is 76.1 Å². The molecular weight excluding hydrogens is 366 g/mol. The molecule has 0 spiro atoms. The largest absolute Gasteiger partial charge is 0.497 e. The molecular formula is C20H18F2N4O2. The summed E-state index contributed by atoms with van der Waals surface area (Å²) in [5.74, 6) is -1.34. The summed E-state index contributed by atoms with van der Waals surface area (Å²) in [6.45, 7) is 0.618. The number of carbonyl (C=O) groups excluding carboxylic acids is 1. The first-order chi connectivity index (χ1) is 13.5. The van der Waals surface area contributed by atoms with E-state index in [1.54, 1.807) is 7.11 Å². The molecule has 3 rings (SSSR count). The first kappa shape index (κ1) is 19.2. The van der Waals surface area contributed by atoms with Crippen LogP contribution in [0.2, 0.25) is 0 Å². The van der Waals surface area contributed by atoms with Gasteiger partial charge in [-0.25, -0.2) is 18.7 Å². The zero-order valence-electron chi connectivity index (χ0n) is 15.1. The first-order valence-corrected chi connectivity index (χ1v) is 8.50. The molecule has 0 saturated heterocycles. The van der Waals surface area contributed by atoms with E-state index >= 15 is 0 Å². The second-order valence-electron chi connectivity index (χ2n) is 5.90. The van der Waals surface area contributed by atoms with Crippen LogP contribution in [0.25, 0.3) is 0 Å². The summed E-state index contributed by atoms with van der Waals surface area (Å²) < 4.78 is 31.2. The normalized spacial score (nSPS) is 10.4. The number of nitrogens with zero attached hydrogens (tertiary/aromatic N) is 2. The van der Waals surface area contributed by atoms with Crippen molar-refractivity contribution in [2.24, 2.45) is 0 Å². The molecule has 3 aromatic rings. The Kier molecular flexibility index (Phi) is 6.11. The van der Waals surface area contributed by atoms with Crippen molar-refractivity contribution < 1.29 is 18.3 Å². The fourth-order valence-electron chi connectivity index (χ4n) is 2.42. The molecule has 0 aliphatic carbocycles. The first-order valence-electron chi connectivity index (χ1n) is 8.50. The number of hydrogen-bond donors (Lipinski definition) is 2. The number of amides is 1. The predicted octanol–water partition coefficient (Wildman–Crippen LogP) is 3.67. The SMILES string of the molecule is COc1ccc(CCNc2ncc(C(=O)Nc3ccc(F)c(F)c3)cn2)cc1. The third-order valence-electron chi connectivity index (χ3n) is 3.95. The molecule has 0 aliphatic heterocycles. The zero-order valence-corrected chi connectivity index (χ0v) is 15.1. The number of hydrogen-bond acceptors (Lipinski definition) is 5. The van der Waals surface area contributed by atoms with Crippen molar-refractivity contribution >= 4 is 17.5 Å². The molecule has 1 heterocycles. The summed E-state index contributed by atoms with van der Waals surface area (Å²) in [7, 11) is 1.62. The van der Waals surface area contributed by atoms with Crippen LogP contribution in [-0.4, -0.2) is 29.5 Å². The smallest absolute Gasteiger partial charge is 0.258 e. The van der Waals surface area contributed by atoms with Crippen LogP contribution in [-0.2, 0) is 6.42 Å². The molecule has 1 aromatic heterocycles. The third kappa shape index (κ3) is 5.00. The number of aromatic nitrogens is 2. The number of rotatable bonds is 7. The van der Waals surface area contributed by atoms with Gasteiger partial charge in [0.25, 0.3) is 5.91 Å². The van der Waals surface area contributed by atoms with Crippen LogP contribution in [0.1, 0.15) is 15.9 Å². The van der Waals surface area contributed by atoms with Gasteiger partial charge in [-0.15, -0.1) is 0 Å². The molecule has 8 heteroatoms. The van der Waals surface area contributed by atoms with E-state index in [0.717, 1.165) is 29.9 Å². The van der Waals surface area contributed by atoms with Crippen LogP contribution in [0.3, 0.4) is 0 Å². The van der Waals surface area contributed by atoms with Crippen molar-refractivity contribution in [2.45, 2.75) is 6.42 Å². The Morgan fingerprint density at radius 3 is 2.39 bits per heavy atom. The monoisotopic (exact) mass is 384 g/mol. The molecule has 28 heavy (non-hydrogen) atoms. The van der Waals surface area contributed by atoms with E-state index in [0.29, 0.717) is 12.5 Å². The number of methoxy groups -OCH3 is 1. The maximum Gasteiger partial charge on any atom is 0.258 e. The van der Waals surface area contributed by atoms with Crippen LogP contribution < -0.4 is 15.4 Å². The van der Waals surface area contributed by atoms with Gasteiger partial charge in [0.05, 0.1) is 12.7 Å². The van der Waals surface area contributed by atoms with E-state index in [9.17, 15) is 13.6 Å². The van der Waals surface area contributed by atoms with Gasteiger partial charge >= 0.3 is 0 Å². The second kappa shape index (κ2) is 8.90. The number of nitrogens with one attached hydrogen (secondary N) is 2. The van der Waals surface area contributed by atoms with Crippen LogP contribution in [0.4, 0.5) is 20.4 Å². The van der Waals surface area contributed by atoms with E-state index in [1.165, 1.54) is 18.5 Å². The van der Waals surface area contributed by atoms with Crippen molar-refractivity contribution in [3.63, 3.8) is 0 Å². The highest BCUT2D eigenvalue weighted by molar-refractivity contribution is 6.03. The number of ether oxygens (including phenoxy) is 1. The summed E-state index contributed by atoms with van der Waals surface area (Å²) in [5, 5.41) is 5.54. The Morgan fingerprint density at radius 2 is 1.75 bits per heavy atom. The van der Waals surface area contributed by atoms with Gasteiger partial charge in [-0.3, -0.25) is 4.79 Å². The standard InChI is InChI=1S/C20H18F2N4O2/c1-28-16-5-2-13(3-6-16)8-9-23-20-24-11-14(12-25-20)19(27)26-15-4-7-17(21)18(22)10-15/h2-7,10-12H,8-9H2,1H3,(H,26,27)(H,23,24,25). The average Bonchev–Trinajstić information content (AvgIpc) is 2.72. The van der Waals surface area contributed by atoms with Gasteiger partial charge in [0.2, 0.25) is 5.95 Å². The van der Waals surface area contributed by atoms with E-state index in [2.05, 4.69) is 20.6 Å². The van der Waals surface area contributed by atoms with Crippen LogP contribution in [0, 0.1) is 11.6 Å². The van der Waals surface area contributed by atoms with Crippen molar-refractivity contribution in [2.75, 3.05) is 24.3 Å². The summed E-state index contributed by atoms with van der Waals surface area (Å²) >= 11 is 0. The highest BCUT2D eigenvalue weighted by Crippen LogP contribution is 2.14. The Balaban J connectivity index is 1.52. The van der Waals surface area contributed by atoms with Crippen LogP contribution >= 0.6 is 0 Å². The maximum atomic E-state index is 13.2. The fraction of sp³-hybridized carbons (Fsp3) is 0.150. The van der Waals surface area contributed by atoms with Crippen molar-refractivity contribution in [3.05, 3.63) is 77.6 Å². The van der Waals surface area contributed by atoms with Crippen molar-refractivity contribution in [1.29, 1.82) is 0 Å². The van der Waals surface area contributed by atoms with Crippen LogP contribution in [0.5, 0.6) is 5.75 Å². The minimum Gasteiger partial charge on any atom is -0.497 e. The predicted molar refractivity (Wildman–Crippen MR) is 102 cm³/mol. The molecule has 0 bridgehead atoms. The average molecular weight is 384 g/mol. The lowest BCUT2D eigenvalue weighted by atomic mass is 10.1. The van der Waals surface area contributed by atoms with Gasteiger partial charge in [0, 0.05) is 30.7 Å². The highest BCUT2D eigenvalue weighted by atomic mass is 19.2. The Hall–Kier alpha value is -3.55. The minimum atomic E-state index is -1.04. The molecule has 1 amide bonds. The van der Waals surface area contributed by atoms with Crippen molar-refractivity contribution in [1.82, 2.24) is 9.97 Å². The number of benzene rings is 2. The lowest BCUT2D eigenvalue weighted by Gasteiger charge is -2.07. The molecule has 0 unspecified atom stereocenters. The van der Waals surface area contributed by atoms with Gasteiger partial charge < -0.3 is 15.4 Å². The highest BCUT2D eigenvalue weighted by Gasteiger charge is 2.10. The zero-order chi connectivity index (χ0) is 19.9. The van der Waals surface area contributed by atoms with Gasteiger partial charge in [-0.2, -0.15) is 0 Å². The van der Waals surface area contributed by atoms with Crippen LogP contribution in [0.15, 0.2) is 54.9 Å². The molecule has 6 nitrogen and oxygen atoms in total. The molecule has 0 atom stereocenters. The lowest BCUT2D eigenvalue weighted by Crippen LogP contribution is -2.14. The number of halogens is 2. The van der Waals surface area contributed by atoms with E-state index in [-0.39, 0.29) is 11.3 Å². The molecule has 0 saturated carbocycles. The molecule has 0 radical (unpaired) electrons. The van der Waals surface area contributed by atoms with Crippen molar-refractivity contribution in [3.8, 4) is 5.75 Å². The van der Waals surface area contributed by atoms with Gasteiger partial charge in [0.1, 0.15) is 5.75 Å². The summed E-state index contributed by atoms with van der Waals surface area (Å²) in [5.41, 5.74) is 1.48. The molecule has 2 aromatic carbocycles. The lowest BCUT2D eigenvalue weighted by molar-refractivity contribution is 0.102. The summed E-state index contributed by atoms with van der Waals surface area (Å²) in [6, 6.07) is 10.9. The molecule has 0 aliphatic rings. The molecule has 2 N–H and O–H groups in total. The summed E-state index contributed by atoms with van der Waals surface area (Å²) in [6.07, 6.45) is 3.49. The minimum absolute atomic E-state index is 0.144. The van der Waals surface area contributed by atoms with Gasteiger partial charge in [-0.1, -0.05) is 12.1 Å². The van der Waals surface area contributed by atoms with Gasteiger partial charge in [0.15, 0.2) is 11.6 Å². The Labute approximate surface area is 160 Å². The Morgan fingerprint density at radius 1 is 1.04 bits per heavy atom. The number of carbonyl (C=O) groups is 1. The number of anilines is 2. The fourth-order valence-corrected chi connectivity index (χ4v) is 2.42. The molecule has 144 valence electrons. The van der Waals surface area contributed by atoms with Gasteiger partial charge in [-0.05, 0) is 36.2 Å². The quantitative estimate of drug-likeness (QED) is 0.650. The second-order valence-corrected chi connectivity index (χ2v) is 5.90. The maximum absolute atomic E-state index is 13.2. The van der Waals surface area contributed by atoms with E-state index in [4.69, 9.17) is 4.74 Å². The van der Waals surface area contributed by atoms with E-state index < -0.39 is 17.5 Å². The Bertz CT molecular complexity index is 947.